The average Bonchev–Trinajstić information content (AvgIpc) is 3.16. The summed E-state index contributed by atoms with van der Waals surface area (Å²) in [4.78, 5) is 19.4. The maximum atomic E-state index is 12.7. The first kappa shape index (κ1) is 20.5. The number of aliphatic hydroxyl groups excluding tert-OH is 1. The zero-order valence-corrected chi connectivity index (χ0v) is 17.7. The number of fused-ring (bicyclic) bond motifs is 1. The van der Waals surface area contributed by atoms with Gasteiger partial charge in [-0.25, -0.2) is 0 Å². The molecule has 7 heteroatoms. The van der Waals surface area contributed by atoms with Crippen LogP contribution >= 0.6 is 11.6 Å². The van der Waals surface area contributed by atoms with E-state index in [1.807, 2.05) is 12.1 Å². The SMILES string of the molecule is CCc1cc2oc(N3CCC(C(=O)N[C@H]4CCC[C@H](CO)C4)CC3)nc2cc1Cl. The molecule has 1 aliphatic heterocycles. The molecule has 2 atom stereocenters. The van der Waals surface area contributed by atoms with Gasteiger partial charge in [0.05, 0.1) is 0 Å². The highest BCUT2D eigenvalue weighted by atomic mass is 35.5. The van der Waals surface area contributed by atoms with Crippen molar-refractivity contribution in [1.29, 1.82) is 0 Å². The zero-order valence-electron chi connectivity index (χ0n) is 17.0. The topological polar surface area (TPSA) is 78.6 Å². The minimum absolute atomic E-state index is 0.0336. The molecule has 29 heavy (non-hydrogen) atoms. The molecule has 0 unspecified atom stereocenters. The highest BCUT2D eigenvalue weighted by Gasteiger charge is 2.30. The molecule has 1 aromatic heterocycles. The Balaban J connectivity index is 1.34. The summed E-state index contributed by atoms with van der Waals surface area (Å²) in [6, 6.07) is 4.66. The molecule has 158 valence electrons. The van der Waals surface area contributed by atoms with E-state index >= 15 is 0 Å². The predicted molar refractivity (Wildman–Crippen MR) is 114 cm³/mol. The molecule has 2 fully saturated rings. The fourth-order valence-corrected chi connectivity index (χ4v) is 4.92. The molecule has 1 saturated carbocycles. The summed E-state index contributed by atoms with van der Waals surface area (Å²) in [5.41, 5.74) is 2.60. The number of piperidine rings is 1. The van der Waals surface area contributed by atoms with Gasteiger partial charge in [-0.1, -0.05) is 24.9 Å². The number of rotatable bonds is 5. The van der Waals surface area contributed by atoms with Gasteiger partial charge in [-0.2, -0.15) is 4.98 Å². The third-order valence-electron chi connectivity index (χ3n) is 6.45. The van der Waals surface area contributed by atoms with E-state index in [-0.39, 0.29) is 24.5 Å². The van der Waals surface area contributed by atoms with Gasteiger partial charge in [0.1, 0.15) is 5.52 Å². The molecule has 0 bridgehead atoms. The predicted octanol–water partition coefficient (Wildman–Crippen LogP) is 3.93. The second-order valence-corrected chi connectivity index (χ2v) is 8.85. The third-order valence-corrected chi connectivity index (χ3v) is 6.80. The van der Waals surface area contributed by atoms with Crippen LogP contribution in [0, 0.1) is 11.8 Å². The Morgan fingerprint density at radius 3 is 2.83 bits per heavy atom. The summed E-state index contributed by atoms with van der Waals surface area (Å²) in [5.74, 6) is 0.522. The number of amides is 1. The number of aryl methyl sites for hydroxylation is 1. The Morgan fingerprint density at radius 2 is 2.10 bits per heavy atom. The first-order valence-corrected chi connectivity index (χ1v) is 11.2. The summed E-state index contributed by atoms with van der Waals surface area (Å²) < 4.78 is 5.98. The van der Waals surface area contributed by atoms with Crippen LogP contribution in [0.4, 0.5) is 6.01 Å². The molecule has 6 nitrogen and oxygen atoms in total. The lowest BCUT2D eigenvalue weighted by atomic mass is 9.85. The van der Waals surface area contributed by atoms with Gasteiger partial charge in [0.15, 0.2) is 5.58 Å². The standard InChI is InChI=1S/C22H30ClN3O3/c1-2-15-11-20-19(12-18(15)23)25-22(29-20)26-8-6-16(7-9-26)21(28)24-17-5-3-4-14(10-17)13-27/h11-12,14,16-17,27H,2-10,13H2,1H3,(H,24,28)/t14-,17-/m0/s1. The van der Waals surface area contributed by atoms with Gasteiger partial charge in [-0.05, 0) is 62.1 Å². The molecule has 2 heterocycles. The summed E-state index contributed by atoms with van der Waals surface area (Å²) in [7, 11) is 0. The van der Waals surface area contributed by atoms with Crippen LogP contribution in [0.5, 0.6) is 0 Å². The van der Waals surface area contributed by atoms with Crippen molar-refractivity contribution in [2.75, 3.05) is 24.6 Å². The Kier molecular flexibility index (Phi) is 6.30. The van der Waals surface area contributed by atoms with Crippen molar-refractivity contribution in [1.82, 2.24) is 10.3 Å². The largest absolute Gasteiger partial charge is 0.423 e. The minimum Gasteiger partial charge on any atom is -0.423 e. The number of hydrogen-bond acceptors (Lipinski definition) is 5. The lowest BCUT2D eigenvalue weighted by Gasteiger charge is -2.33. The lowest BCUT2D eigenvalue weighted by molar-refractivity contribution is -0.126. The van der Waals surface area contributed by atoms with Gasteiger partial charge >= 0.3 is 0 Å². The number of nitrogens with zero attached hydrogens (tertiary/aromatic N) is 2. The molecule has 1 amide bonds. The average molecular weight is 420 g/mol. The lowest BCUT2D eigenvalue weighted by Crippen LogP contribution is -2.45. The van der Waals surface area contributed by atoms with E-state index in [4.69, 9.17) is 16.0 Å². The maximum absolute atomic E-state index is 12.7. The van der Waals surface area contributed by atoms with Crippen molar-refractivity contribution in [3.05, 3.63) is 22.7 Å². The highest BCUT2D eigenvalue weighted by molar-refractivity contribution is 6.32. The van der Waals surface area contributed by atoms with Crippen molar-refractivity contribution in [3.63, 3.8) is 0 Å². The molecule has 1 aliphatic carbocycles. The van der Waals surface area contributed by atoms with E-state index < -0.39 is 0 Å². The zero-order chi connectivity index (χ0) is 20.4. The number of aromatic nitrogens is 1. The number of carbonyl (C=O) groups excluding carboxylic acids is 1. The first-order valence-electron chi connectivity index (χ1n) is 10.8. The van der Waals surface area contributed by atoms with Crippen molar-refractivity contribution in [2.24, 2.45) is 11.8 Å². The number of aliphatic hydroxyl groups is 1. The van der Waals surface area contributed by atoms with Crippen molar-refractivity contribution in [3.8, 4) is 0 Å². The molecule has 4 rings (SSSR count). The fourth-order valence-electron chi connectivity index (χ4n) is 4.62. The smallest absolute Gasteiger partial charge is 0.298 e. The number of carbonyl (C=O) groups is 1. The van der Waals surface area contributed by atoms with Crippen LogP contribution in [-0.2, 0) is 11.2 Å². The minimum atomic E-state index is 0.0336. The summed E-state index contributed by atoms with van der Waals surface area (Å²) >= 11 is 6.30. The van der Waals surface area contributed by atoms with E-state index in [1.54, 1.807) is 0 Å². The Morgan fingerprint density at radius 1 is 1.31 bits per heavy atom. The fraction of sp³-hybridized carbons (Fsp3) is 0.636. The third kappa shape index (κ3) is 4.53. The van der Waals surface area contributed by atoms with E-state index in [2.05, 4.69) is 22.1 Å². The van der Waals surface area contributed by atoms with Crippen LogP contribution in [0.15, 0.2) is 16.5 Å². The first-order chi connectivity index (χ1) is 14.1. The van der Waals surface area contributed by atoms with E-state index in [1.165, 1.54) is 0 Å². The van der Waals surface area contributed by atoms with Crippen molar-refractivity contribution >= 4 is 34.6 Å². The molecule has 0 radical (unpaired) electrons. The van der Waals surface area contributed by atoms with Gasteiger partial charge in [0.25, 0.3) is 6.01 Å². The quantitative estimate of drug-likeness (QED) is 0.767. The number of benzene rings is 1. The summed E-state index contributed by atoms with van der Waals surface area (Å²) in [6.45, 7) is 3.80. The summed E-state index contributed by atoms with van der Waals surface area (Å²) in [5, 5.41) is 13.3. The van der Waals surface area contributed by atoms with Crippen molar-refractivity contribution in [2.45, 2.75) is 57.9 Å². The summed E-state index contributed by atoms with van der Waals surface area (Å²) in [6.07, 6.45) is 6.50. The van der Waals surface area contributed by atoms with Crippen LogP contribution < -0.4 is 10.2 Å². The van der Waals surface area contributed by atoms with Crippen LogP contribution in [0.2, 0.25) is 5.02 Å². The van der Waals surface area contributed by atoms with Crippen LogP contribution in [-0.4, -0.2) is 41.7 Å². The molecule has 0 spiro atoms. The molecular formula is C22H30ClN3O3. The van der Waals surface area contributed by atoms with Gasteiger partial charge < -0.3 is 19.7 Å². The Hall–Kier alpha value is -1.79. The highest BCUT2D eigenvalue weighted by Crippen LogP contribution is 2.30. The van der Waals surface area contributed by atoms with Crippen molar-refractivity contribution < 1.29 is 14.3 Å². The van der Waals surface area contributed by atoms with Crippen LogP contribution in [0.1, 0.15) is 51.0 Å². The van der Waals surface area contributed by atoms with E-state index in [0.29, 0.717) is 11.9 Å². The maximum Gasteiger partial charge on any atom is 0.298 e. The Labute approximate surface area is 176 Å². The molecular weight excluding hydrogens is 390 g/mol. The van der Waals surface area contributed by atoms with Crippen LogP contribution in [0.3, 0.4) is 0 Å². The molecule has 2 aromatic rings. The molecule has 2 aliphatic rings. The number of nitrogens with one attached hydrogen (secondary N) is 1. The van der Waals surface area contributed by atoms with Crippen LogP contribution in [0.25, 0.3) is 11.1 Å². The number of oxazole rings is 1. The molecule has 1 aromatic carbocycles. The second-order valence-electron chi connectivity index (χ2n) is 8.44. The molecule has 1 saturated heterocycles. The number of halogens is 1. The number of anilines is 1. The normalized spacial score (nSPS) is 23.5. The van der Waals surface area contributed by atoms with Gasteiger partial charge in [0, 0.05) is 36.7 Å². The van der Waals surface area contributed by atoms with Gasteiger partial charge in [-0.3, -0.25) is 4.79 Å². The van der Waals surface area contributed by atoms with E-state index in [9.17, 15) is 9.90 Å². The van der Waals surface area contributed by atoms with E-state index in [0.717, 1.165) is 79.7 Å². The van der Waals surface area contributed by atoms with Gasteiger partial charge in [-0.15, -0.1) is 0 Å². The second kappa shape index (κ2) is 8.92. The Bertz CT molecular complexity index is 860. The monoisotopic (exact) mass is 419 g/mol. The number of hydrogen-bond donors (Lipinski definition) is 2. The molecule has 2 N–H and O–H groups in total. The van der Waals surface area contributed by atoms with Gasteiger partial charge in [0.2, 0.25) is 5.91 Å².